The Morgan fingerprint density at radius 3 is 1.91 bits per heavy atom. The summed E-state index contributed by atoms with van der Waals surface area (Å²) in [7, 11) is 2.31. The summed E-state index contributed by atoms with van der Waals surface area (Å²) in [5, 5.41) is 0. The van der Waals surface area contributed by atoms with Crippen LogP contribution in [0, 0.1) is 0 Å². The van der Waals surface area contributed by atoms with E-state index < -0.39 is 0 Å². The Bertz CT molecular complexity index is 169. The molecule has 0 spiro atoms. The van der Waals surface area contributed by atoms with Gasteiger partial charge in [-0.1, -0.05) is 18.2 Å². The molecule has 0 aliphatic rings. The first-order valence-electron chi connectivity index (χ1n) is 2.79. The molecule has 0 saturated heterocycles. The van der Waals surface area contributed by atoms with Crippen LogP contribution in [0.3, 0.4) is 0 Å². The number of hydrogen-bond donors (Lipinski definition) is 0. The molecule has 0 atom stereocenters. The summed E-state index contributed by atoms with van der Waals surface area (Å²) in [6.45, 7) is 0. The van der Waals surface area contributed by atoms with E-state index in [1.807, 2.05) is 30.3 Å². The first-order valence-corrected chi connectivity index (χ1v) is 13.1. The summed E-state index contributed by atoms with van der Waals surface area (Å²) in [5.74, 6) is 0.910. The van der Waals surface area contributed by atoms with E-state index >= 15 is 0 Å². The molecule has 64 valence electrons. The molecule has 1 rings (SSSR count). The Morgan fingerprint density at radius 1 is 1.18 bits per heavy atom. The molecule has 0 unspecified atom stereocenters. The minimum absolute atomic E-state index is 0.650. The molecule has 0 bridgehead atoms. The second kappa shape index (κ2) is 9.19. The molecule has 0 saturated carbocycles. The summed E-state index contributed by atoms with van der Waals surface area (Å²) in [6, 6.07) is 9.68. The molecule has 1 nitrogen and oxygen atoms in total. The van der Waals surface area contributed by atoms with Crippen molar-refractivity contribution in [3.05, 3.63) is 30.3 Å². The molecule has 0 aliphatic carbocycles. The Hall–Kier alpha value is 1.10. The predicted molar refractivity (Wildman–Crippen MR) is 61.0 cm³/mol. The van der Waals surface area contributed by atoms with Crippen molar-refractivity contribution in [1.82, 2.24) is 0 Å². The molecule has 0 N–H and O–H groups in total. The third kappa shape index (κ3) is 7.46. The summed E-state index contributed by atoms with van der Waals surface area (Å²) in [5.41, 5.74) is 0. The molecule has 11 heavy (non-hydrogen) atoms. The van der Waals surface area contributed by atoms with Gasteiger partial charge in [0.25, 0.3) is 0 Å². The quantitative estimate of drug-likeness (QED) is 0.459. The Balaban J connectivity index is 0.000000292. The van der Waals surface area contributed by atoms with E-state index in [0.717, 1.165) is 5.75 Å². The van der Waals surface area contributed by atoms with Crippen molar-refractivity contribution in [3.63, 3.8) is 0 Å². The van der Waals surface area contributed by atoms with Crippen LogP contribution in [0.25, 0.3) is 0 Å². The van der Waals surface area contributed by atoms with E-state index in [4.69, 9.17) is 4.74 Å². The number of halogens is 2. The molecule has 4 heteroatoms. The zero-order valence-electron chi connectivity index (χ0n) is 5.90. The molecule has 0 aromatic heterocycles. The van der Waals surface area contributed by atoms with Gasteiger partial charge in [-0.25, -0.2) is 0 Å². The standard InChI is InChI=1S/C7H8O.2HI.Ru/c1-8-7-5-3-2-4-6-7;;;/h2-6H,1H3;2*1H;/q;;;+2/p-2. The average Bonchev–Trinajstić information content (AvgIpc) is 2.08. The first-order chi connectivity index (χ1) is 5.35. The third-order valence-corrected chi connectivity index (χ3v) is 0.979. The van der Waals surface area contributed by atoms with E-state index in [2.05, 4.69) is 39.5 Å². The van der Waals surface area contributed by atoms with E-state index in [1.54, 1.807) is 7.11 Å². The normalized spacial score (nSPS) is 8.27. The summed E-state index contributed by atoms with van der Waals surface area (Å²) >= 11 is 4.73. The topological polar surface area (TPSA) is 9.23 Å². The fraction of sp³-hybridized carbons (Fsp3) is 0.143. The van der Waals surface area contributed by atoms with Crippen LogP contribution in [0.4, 0.5) is 0 Å². The van der Waals surface area contributed by atoms with Crippen molar-refractivity contribution in [2.45, 2.75) is 0 Å². The van der Waals surface area contributed by atoms with Crippen molar-refractivity contribution in [2.75, 3.05) is 7.11 Å². The van der Waals surface area contributed by atoms with Crippen LogP contribution in [-0.2, 0) is 10.1 Å². The van der Waals surface area contributed by atoms with Gasteiger partial charge in [0.15, 0.2) is 0 Å². The van der Waals surface area contributed by atoms with Crippen molar-refractivity contribution < 1.29 is 14.8 Å². The zero-order valence-corrected chi connectivity index (χ0v) is 12.0. The second-order valence-corrected chi connectivity index (χ2v) is 15.0. The molecule has 0 radical (unpaired) electrons. The molecule has 1 aromatic carbocycles. The monoisotopic (exact) mass is 464 g/mol. The molecular weight excluding hydrogens is 455 g/mol. The molecule has 0 aliphatic heterocycles. The van der Waals surface area contributed by atoms with Gasteiger partial charge in [0, 0.05) is 0 Å². The fourth-order valence-electron chi connectivity index (χ4n) is 0.557. The van der Waals surface area contributed by atoms with Crippen LogP contribution >= 0.6 is 39.5 Å². The van der Waals surface area contributed by atoms with E-state index in [1.165, 1.54) is 0 Å². The van der Waals surface area contributed by atoms with Crippen molar-refractivity contribution >= 4 is 39.5 Å². The Morgan fingerprint density at radius 2 is 1.64 bits per heavy atom. The summed E-state index contributed by atoms with van der Waals surface area (Å²) < 4.78 is 4.91. The van der Waals surface area contributed by atoms with Gasteiger partial charge in [-0.15, -0.1) is 0 Å². The predicted octanol–water partition coefficient (Wildman–Crippen LogP) is 3.46. The average molecular weight is 463 g/mol. The number of para-hydroxylation sites is 1. The van der Waals surface area contributed by atoms with Crippen molar-refractivity contribution in [3.8, 4) is 5.75 Å². The number of benzene rings is 1. The molecule has 1 aromatic rings. The summed E-state index contributed by atoms with van der Waals surface area (Å²) in [6.07, 6.45) is 0. The van der Waals surface area contributed by atoms with Gasteiger partial charge in [-0.05, 0) is 12.1 Å². The van der Waals surface area contributed by atoms with Gasteiger partial charge in [-0.3, -0.25) is 0 Å². The van der Waals surface area contributed by atoms with Crippen molar-refractivity contribution in [2.24, 2.45) is 0 Å². The van der Waals surface area contributed by atoms with Crippen molar-refractivity contribution in [1.29, 1.82) is 0 Å². The Kier molecular flexibility index (Phi) is 10.1. The van der Waals surface area contributed by atoms with Gasteiger partial charge in [0.2, 0.25) is 0 Å². The van der Waals surface area contributed by atoms with Gasteiger partial charge in [0.1, 0.15) is 5.75 Å². The van der Waals surface area contributed by atoms with Gasteiger partial charge >= 0.3 is 49.6 Å². The molecular formula is C7H8I2ORu. The van der Waals surface area contributed by atoms with Gasteiger partial charge < -0.3 is 4.74 Å². The minimum atomic E-state index is 0.650. The molecule has 0 heterocycles. The maximum absolute atomic E-state index is 4.91. The number of hydrogen-bond acceptors (Lipinski definition) is 1. The summed E-state index contributed by atoms with van der Waals surface area (Å²) in [4.78, 5) is 0. The fourth-order valence-corrected chi connectivity index (χ4v) is 0.557. The van der Waals surface area contributed by atoms with Gasteiger partial charge in [0.05, 0.1) is 7.11 Å². The van der Waals surface area contributed by atoms with E-state index in [9.17, 15) is 0 Å². The SMILES string of the molecule is COc1ccccc1.[I][Ru][I]. The Labute approximate surface area is 96.2 Å². The van der Waals surface area contributed by atoms with Crippen LogP contribution in [0.5, 0.6) is 5.75 Å². The number of methoxy groups -OCH3 is 1. The first kappa shape index (κ1) is 12.1. The third-order valence-electron chi connectivity index (χ3n) is 0.979. The van der Waals surface area contributed by atoms with Crippen LogP contribution in [0.15, 0.2) is 30.3 Å². The van der Waals surface area contributed by atoms with Crippen LogP contribution in [0.2, 0.25) is 0 Å². The zero-order chi connectivity index (χ0) is 8.53. The maximum atomic E-state index is 4.91. The van der Waals surface area contributed by atoms with Crippen LogP contribution < -0.4 is 4.74 Å². The molecule has 0 fully saturated rings. The molecule has 0 amide bonds. The van der Waals surface area contributed by atoms with E-state index in [0.29, 0.717) is 10.1 Å². The number of ether oxygens (including phenoxy) is 1. The van der Waals surface area contributed by atoms with Crippen LogP contribution in [-0.4, -0.2) is 7.11 Å². The second-order valence-electron chi connectivity index (χ2n) is 1.57. The van der Waals surface area contributed by atoms with Crippen LogP contribution in [0.1, 0.15) is 0 Å². The van der Waals surface area contributed by atoms with E-state index in [-0.39, 0.29) is 0 Å². The number of rotatable bonds is 1. The van der Waals surface area contributed by atoms with Gasteiger partial charge in [-0.2, -0.15) is 0 Å².